The number of amides is 2. The summed E-state index contributed by atoms with van der Waals surface area (Å²) in [4.78, 5) is 28.5. The van der Waals surface area contributed by atoms with Crippen molar-refractivity contribution < 1.29 is 18.0 Å². The number of rotatable bonds is 9. The maximum atomic E-state index is 13.7. The van der Waals surface area contributed by atoms with E-state index in [-0.39, 0.29) is 30.5 Å². The van der Waals surface area contributed by atoms with Crippen molar-refractivity contribution in [2.24, 2.45) is 0 Å². The smallest absolute Gasteiger partial charge is 0.244 e. The molecule has 2 amide bonds. The first-order valence-electron chi connectivity index (χ1n) is 13.5. The molecule has 0 spiro atoms. The van der Waals surface area contributed by atoms with E-state index in [1.807, 2.05) is 43.3 Å². The Morgan fingerprint density at radius 2 is 1.55 bits per heavy atom. The number of carbonyl (C=O) groups is 2. The van der Waals surface area contributed by atoms with Gasteiger partial charge >= 0.3 is 0 Å². The van der Waals surface area contributed by atoms with Crippen LogP contribution in [0.5, 0.6) is 0 Å². The van der Waals surface area contributed by atoms with Crippen molar-refractivity contribution in [2.45, 2.75) is 90.8 Å². The van der Waals surface area contributed by atoms with Crippen molar-refractivity contribution >= 4 is 27.5 Å². The minimum absolute atomic E-state index is 0.0871. The van der Waals surface area contributed by atoms with Crippen LogP contribution in [0.3, 0.4) is 0 Å². The topological polar surface area (TPSA) is 86.8 Å². The Morgan fingerprint density at radius 1 is 0.974 bits per heavy atom. The Hall–Kier alpha value is -2.87. The molecule has 7 nitrogen and oxygen atoms in total. The quantitative estimate of drug-likeness (QED) is 0.488. The van der Waals surface area contributed by atoms with Crippen molar-refractivity contribution in [2.75, 3.05) is 17.1 Å². The van der Waals surface area contributed by atoms with Crippen LogP contribution in [0.1, 0.15) is 76.5 Å². The monoisotopic (exact) mass is 541 g/mol. The normalized spacial score (nSPS) is 15.5. The fourth-order valence-corrected chi connectivity index (χ4v) is 5.63. The number of carbonyl (C=O) groups excluding carboxylic acids is 2. The Labute approximate surface area is 228 Å². The zero-order valence-electron chi connectivity index (χ0n) is 23.7. The molecular formula is C30H43N3O4S. The molecule has 0 saturated heterocycles. The Kier molecular flexibility index (Phi) is 9.63. The highest BCUT2D eigenvalue weighted by Gasteiger charge is 2.31. The zero-order valence-corrected chi connectivity index (χ0v) is 24.5. The molecule has 0 heterocycles. The molecule has 208 valence electrons. The van der Waals surface area contributed by atoms with E-state index in [1.165, 1.54) is 11.3 Å². The maximum absolute atomic E-state index is 13.7. The van der Waals surface area contributed by atoms with Crippen molar-refractivity contribution in [1.82, 2.24) is 10.2 Å². The third-order valence-corrected chi connectivity index (χ3v) is 8.43. The number of hydrogen-bond acceptors (Lipinski definition) is 4. The fraction of sp³-hybridized carbons (Fsp3) is 0.533. The second-order valence-electron chi connectivity index (χ2n) is 11.6. The van der Waals surface area contributed by atoms with Crippen LogP contribution in [0.15, 0.2) is 48.5 Å². The number of aryl methyl sites for hydroxylation is 1. The number of nitrogens with zero attached hydrogens (tertiary/aromatic N) is 2. The van der Waals surface area contributed by atoms with Gasteiger partial charge in [0, 0.05) is 12.6 Å². The molecule has 1 aliphatic carbocycles. The molecule has 1 atom stereocenters. The van der Waals surface area contributed by atoms with Gasteiger partial charge in [-0.3, -0.25) is 13.9 Å². The molecule has 0 aliphatic heterocycles. The minimum atomic E-state index is -3.76. The average Bonchev–Trinajstić information content (AvgIpc) is 2.86. The molecule has 1 N–H and O–H groups in total. The van der Waals surface area contributed by atoms with Crippen LogP contribution in [0, 0.1) is 6.92 Å². The number of anilines is 1. The van der Waals surface area contributed by atoms with Crippen LogP contribution in [0.4, 0.5) is 5.69 Å². The van der Waals surface area contributed by atoms with Gasteiger partial charge in [-0.1, -0.05) is 82.0 Å². The molecule has 2 aromatic rings. The Morgan fingerprint density at radius 3 is 2.08 bits per heavy atom. The van der Waals surface area contributed by atoms with Crippen molar-refractivity contribution in [3.05, 3.63) is 65.2 Å². The van der Waals surface area contributed by atoms with Gasteiger partial charge in [-0.25, -0.2) is 8.42 Å². The second-order valence-corrected chi connectivity index (χ2v) is 13.5. The van der Waals surface area contributed by atoms with Crippen LogP contribution in [0.2, 0.25) is 0 Å². The van der Waals surface area contributed by atoms with Gasteiger partial charge in [0.15, 0.2) is 0 Å². The third-order valence-electron chi connectivity index (χ3n) is 7.29. The molecule has 0 bridgehead atoms. The van der Waals surface area contributed by atoms with E-state index in [0.717, 1.165) is 52.9 Å². The summed E-state index contributed by atoms with van der Waals surface area (Å²) in [7, 11) is -3.76. The molecule has 1 fully saturated rings. The largest absolute Gasteiger partial charge is 0.352 e. The van der Waals surface area contributed by atoms with E-state index in [9.17, 15) is 18.0 Å². The first-order chi connectivity index (χ1) is 17.8. The highest BCUT2D eigenvalue weighted by molar-refractivity contribution is 7.92. The van der Waals surface area contributed by atoms with Crippen molar-refractivity contribution in [1.29, 1.82) is 0 Å². The lowest BCUT2D eigenvalue weighted by atomic mass is 9.87. The van der Waals surface area contributed by atoms with E-state index in [0.29, 0.717) is 5.69 Å². The summed E-state index contributed by atoms with van der Waals surface area (Å²) >= 11 is 0. The Balaban J connectivity index is 1.87. The summed E-state index contributed by atoms with van der Waals surface area (Å²) in [6.07, 6.45) is 6.33. The van der Waals surface area contributed by atoms with Gasteiger partial charge in [-0.2, -0.15) is 0 Å². The summed E-state index contributed by atoms with van der Waals surface area (Å²) in [5.41, 5.74) is 3.37. The van der Waals surface area contributed by atoms with E-state index in [4.69, 9.17) is 0 Å². The highest BCUT2D eigenvalue weighted by Crippen LogP contribution is 2.26. The van der Waals surface area contributed by atoms with E-state index < -0.39 is 22.0 Å². The number of hydrogen-bond donors (Lipinski definition) is 1. The summed E-state index contributed by atoms with van der Waals surface area (Å²) < 4.78 is 26.7. The maximum Gasteiger partial charge on any atom is 0.244 e. The molecule has 0 radical (unpaired) electrons. The van der Waals surface area contributed by atoms with Crippen molar-refractivity contribution in [3.8, 4) is 0 Å². The van der Waals surface area contributed by atoms with Gasteiger partial charge in [0.2, 0.25) is 21.8 Å². The molecule has 8 heteroatoms. The standard InChI is InChI=1S/C30H43N3O4S/c1-22-12-14-24(15-13-22)20-32(23(2)29(35)31-26-10-8-7-9-11-26)28(34)21-33(38(6,36)37)27-18-16-25(17-19-27)30(3,4)5/h12-19,23,26H,7-11,20-21H2,1-6H3,(H,31,35)/t23-/m0/s1. The van der Waals surface area contributed by atoms with Gasteiger partial charge in [0.05, 0.1) is 11.9 Å². The average molecular weight is 542 g/mol. The molecular weight excluding hydrogens is 498 g/mol. The minimum Gasteiger partial charge on any atom is -0.352 e. The van der Waals surface area contributed by atoms with Gasteiger partial charge in [0.1, 0.15) is 12.6 Å². The van der Waals surface area contributed by atoms with Crippen LogP contribution >= 0.6 is 0 Å². The summed E-state index contributed by atoms with van der Waals surface area (Å²) in [5, 5.41) is 3.12. The SMILES string of the molecule is Cc1ccc(CN(C(=O)CN(c2ccc(C(C)(C)C)cc2)S(C)(=O)=O)[C@@H](C)C(=O)NC2CCCCC2)cc1. The van der Waals surface area contributed by atoms with E-state index in [2.05, 4.69) is 26.1 Å². The number of nitrogens with one attached hydrogen (secondary N) is 1. The molecule has 1 saturated carbocycles. The van der Waals surface area contributed by atoms with Crippen molar-refractivity contribution in [3.63, 3.8) is 0 Å². The zero-order chi connectivity index (χ0) is 28.1. The fourth-order valence-electron chi connectivity index (χ4n) is 4.78. The molecule has 3 rings (SSSR count). The molecule has 38 heavy (non-hydrogen) atoms. The molecule has 2 aromatic carbocycles. The third kappa shape index (κ3) is 8.06. The number of benzene rings is 2. The first kappa shape index (κ1) is 29.7. The lowest BCUT2D eigenvalue weighted by Gasteiger charge is -2.33. The van der Waals surface area contributed by atoms with Gasteiger partial charge < -0.3 is 10.2 Å². The highest BCUT2D eigenvalue weighted by atomic mass is 32.2. The van der Waals surface area contributed by atoms with Gasteiger partial charge in [-0.15, -0.1) is 0 Å². The number of sulfonamides is 1. The molecule has 0 aromatic heterocycles. The predicted octanol–water partition coefficient (Wildman–Crippen LogP) is 4.92. The molecule has 0 unspecified atom stereocenters. The van der Waals surface area contributed by atoms with Gasteiger partial charge in [-0.05, 0) is 55.4 Å². The second kappa shape index (κ2) is 12.3. The van der Waals surface area contributed by atoms with Crippen LogP contribution in [-0.4, -0.2) is 50.0 Å². The van der Waals surface area contributed by atoms with E-state index in [1.54, 1.807) is 19.1 Å². The lowest BCUT2D eigenvalue weighted by Crippen LogP contribution is -2.52. The van der Waals surface area contributed by atoms with Crippen LogP contribution in [0.25, 0.3) is 0 Å². The van der Waals surface area contributed by atoms with E-state index >= 15 is 0 Å². The summed E-state index contributed by atoms with van der Waals surface area (Å²) in [6, 6.07) is 14.4. The molecule has 1 aliphatic rings. The lowest BCUT2D eigenvalue weighted by molar-refractivity contribution is -0.139. The summed E-state index contributed by atoms with van der Waals surface area (Å²) in [5.74, 6) is -0.639. The predicted molar refractivity (Wildman–Crippen MR) is 154 cm³/mol. The Bertz CT molecular complexity index is 1200. The first-order valence-corrected chi connectivity index (χ1v) is 15.3. The summed E-state index contributed by atoms with van der Waals surface area (Å²) in [6.45, 7) is 9.78. The van der Waals surface area contributed by atoms with Gasteiger partial charge in [0.25, 0.3) is 0 Å². The van der Waals surface area contributed by atoms with Crippen LogP contribution in [-0.2, 0) is 31.6 Å². The van der Waals surface area contributed by atoms with Crippen LogP contribution < -0.4 is 9.62 Å².